The van der Waals surface area contributed by atoms with E-state index in [-0.39, 0.29) is 5.91 Å². The van der Waals surface area contributed by atoms with Crippen LogP contribution in [0.4, 0.5) is 11.6 Å². The molecule has 0 unspecified atom stereocenters. The molecule has 148 valence electrons. The summed E-state index contributed by atoms with van der Waals surface area (Å²) >= 11 is 3.48. The Balaban J connectivity index is 1.44. The van der Waals surface area contributed by atoms with E-state index in [1.54, 1.807) is 0 Å². The van der Waals surface area contributed by atoms with Crippen LogP contribution in [0.5, 0.6) is 0 Å². The van der Waals surface area contributed by atoms with Crippen LogP contribution in [0.15, 0.2) is 34.8 Å². The smallest absolute Gasteiger partial charge is 0.255 e. The Morgan fingerprint density at radius 1 is 0.964 bits per heavy atom. The van der Waals surface area contributed by atoms with Crippen molar-refractivity contribution in [2.75, 3.05) is 62.3 Å². The standard InChI is InChI=1S/C20H24BrN5O2/c1-15-22-18(14-19(23-15)25-10-12-28-13-11-25)24-6-8-26(9-7-24)20(27)16-4-2-3-5-17(16)21/h2-5,14H,6-13H2,1H3. The zero-order valence-corrected chi connectivity index (χ0v) is 17.6. The molecule has 1 amide bonds. The molecule has 2 saturated heterocycles. The predicted octanol–water partition coefficient (Wildman–Crippen LogP) is 2.35. The van der Waals surface area contributed by atoms with Crippen LogP contribution in [0.1, 0.15) is 16.2 Å². The van der Waals surface area contributed by atoms with Crippen LogP contribution in [-0.4, -0.2) is 73.3 Å². The molecule has 0 N–H and O–H groups in total. The molecule has 0 saturated carbocycles. The van der Waals surface area contributed by atoms with Gasteiger partial charge in [-0.05, 0) is 35.0 Å². The van der Waals surface area contributed by atoms with E-state index in [2.05, 4.69) is 41.8 Å². The second-order valence-electron chi connectivity index (χ2n) is 6.99. The minimum absolute atomic E-state index is 0.0694. The average molecular weight is 446 g/mol. The van der Waals surface area contributed by atoms with E-state index in [0.717, 1.165) is 61.3 Å². The van der Waals surface area contributed by atoms with Gasteiger partial charge in [-0.2, -0.15) is 0 Å². The third kappa shape index (κ3) is 4.12. The number of rotatable bonds is 3. The van der Waals surface area contributed by atoms with Crippen molar-refractivity contribution < 1.29 is 9.53 Å². The second kappa shape index (κ2) is 8.45. The SMILES string of the molecule is Cc1nc(N2CCOCC2)cc(N2CCN(C(=O)c3ccccc3Br)CC2)n1. The molecule has 1 aromatic heterocycles. The highest BCUT2D eigenvalue weighted by atomic mass is 79.9. The normalized spacial score (nSPS) is 17.7. The molecule has 1 aromatic carbocycles. The van der Waals surface area contributed by atoms with Crippen LogP contribution in [-0.2, 0) is 4.74 Å². The molecule has 2 aromatic rings. The van der Waals surface area contributed by atoms with Crippen molar-refractivity contribution >= 4 is 33.5 Å². The number of amides is 1. The number of morpholine rings is 1. The number of piperazine rings is 1. The average Bonchev–Trinajstić information content (AvgIpc) is 2.74. The lowest BCUT2D eigenvalue weighted by Crippen LogP contribution is -2.49. The summed E-state index contributed by atoms with van der Waals surface area (Å²) in [5.74, 6) is 2.73. The van der Waals surface area contributed by atoms with E-state index in [1.807, 2.05) is 36.1 Å². The van der Waals surface area contributed by atoms with Crippen molar-refractivity contribution in [1.29, 1.82) is 0 Å². The van der Waals surface area contributed by atoms with Crippen molar-refractivity contribution in [2.24, 2.45) is 0 Å². The van der Waals surface area contributed by atoms with E-state index in [4.69, 9.17) is 4.74 Å². The number of ether oxygens (including phenoxy) is 1. The first kappa shape index (κ1) is 19.1. The zero-order chi connectivity index (χ0) is 19.5. The highest BCUT2D eigenvalue weighted by molar-refractivity contribution is 9.10. The van der Waals surface area contributed by atoms with Crippen LogP contribution >= 0.6 is 15.9 Å². The first-order valence-corrected chi connectivity index (χ1v) is 10.4. The van der Waals surface area contributed by atoms with Crippen molar-refractivity contribution in [3.63, 3.8) is 0 Å². The minimum Gasteiger partial charge on any atom is -0.378 e. The van der Waals surface area contributed by atoms with Crippen LogP contribution in [0.25, 0.3) is 0 Å². The first-order chi connectivity index (χ1) is 13.6. The number of halogens is 1. The van der Waals surface area contributed by atoms with Gasteiger partial charge in [-0.3, -0.25) is 4.79 Å². The van der Waals surface area contributed by atoms with Crippen LogP contribution in [0, 0.1) is 6.92 Å². The number of aromatic nitrogens is 2. The van der Waals surface area contributed by atoms with E-state index in [9.17, 15) is 4.79 Å². The number of anilines is 2. The van der Waals surface area contributed by atoms with E-state index < -0.39 is 0 Å². The maximum absolute atomic E-state index is 12.8. The summed E-state index contributed by atoms with van der Waals surface area (Å²) in [7, 11) is 0. The van der Waals surface area contributed by atoms with Crippen LogP contribution in [0.3, 0.4) is 0 Å². The Morgan fingerprint density at radius 3 is 2.21 bits per heavy atom. The molecule has 0 bridgehead atoms. The molecule has 7 nitrogen and oxygen atoms in total. The Hall–Kier alpha value is -2.19. The maximum atomic E-state index is 12.8. The van der Waals surface area contributed by atoms with Crippen LogP contribution < -0.4 is 9.80 Å². The topological polar surface area (TPSA) is 61.8 Å². The number of nitrogens with zero attached hydrogens (tertiary/aromatic N) is 5. The summed E-state index contributed by atoms with van der Waals surface area (Å²) < 4.78 is 6.28. The van der Waals surface area contributed by atoms with E-state index >= 15 is 0 Å². The van der Waals surface area contributed by atoms with Gasteiger partial charge in [0, 0.05) is 49.8 Å². The Kier molecular flexibility index (Phi) is 5.77. The van der Waals surface area contributed by atoms with Crippen LogP contribution in [0.2, 0.25) is 0 Å². The van der Waals surface area contributed by atoms with Gasteiger partial charge in [0.1, 0.15) is 17.5 Å². The molecule has 0 radical (unpaired) electrons. The zero-order valence-electron chi connectivity index (χ0n) is 16.0. The van der Waals surface area contributed by atoms with E-state index in [1.165, 1.54) is 0 Å². The lowest BCUT2D eigenvalue weighted by molar-refractivity contribution is 0.0745. The van der Waals surface area contributed by atoms with Gasteiger partial charge in [0.05, 0.1) is 18.8 Å². The van der Waals surface area contributed by atoms with Crippen molar-refractivity contribution in [1.82, 2.24) is 14.9 Å². The third-order valence-electron chi connectivity index (χ3n) is 5.14. The van der Waals surface area contributed by atoms with E-state index in [0.29, 0.717) is 18.7 Å². The quantitative estimate of drug-likeness (QED) is 0.722. The van der Waals surface area contributed by atoms with Gasteiger partial charge in [0.2, 0.25) is 0 Å². The third-order valence-corrected chi connectivity index (χ3v) is 5.83. The monoisotopic (exact) mass is 445 g/mol. The van der Waals surface area contributed by atoms with Gasteiger partial charge < -0.3 is 19.4 Å². The minimum atomic E-state index is 0.0694. The lowest BCUT2D eigenvalue weighted by atomic mass is 10.2. The highest BCUT2D eigenvalue weighted by Gasteiger charge is 2.25. The number of aryl methyl sites for hydroxylation is 1. The largest absolute Gasteiger partial charge is 0.378 e. The molecular weight excluding hydrogens is 422 g/mol. The number of carbonyl (C=O) groups excluding carboxylic acids is 1. The van der Waals surface area contributed by atoms with Gasteiger partial charge >= 0.3 is 0 Å². The molecule has 2 aliphatic heterocycles. The summed E-state index contributed by atoms with van der Waals surface area (Å²) in [6, 6.07) is 9.64. The fourth-order valence-corrected chi connectivity index (χ4v) is 4.05. The fraction of sp³-hybridized carbons (Fsp3) is 0.450. The summed E-state index contributed by atoms with van der Waals surface area (Å²) in [5, 5.41) is 0. The van der Waals surface area contributed by atoms with Gasteiger partial charge in [0.15, 0.2) is 0 Å². The lowest BCUT2D eigenvalue weighted by Gasteiger charge is -2.36. The number of hydrogen-bond donors (Lipinski definition) is 0. The van der Waals surface area contributed by atoms with Gasteiger partial charge in [-0.25, -0.2) is 9.97 Å². The Morgan fingerprint density at radius 2 is 1.57 bits per heavy atom. The molecule has 3 heterocycles. The summed E-state index contributed by atoms with van der Waals surface area (Å²) in [5.41, 5.74) is 0.712. The molecule has 2 aliphatic rings. The molecule has 0 aliphatic carbocycles. The highest BCUT2D eigenvalue weighted by Crippen LogP contribution is 2.23. The van der Waals surface area contributed by atoms with Crippen molar-refractivity contribution in [3.8, 4) is 0 Å². The number of hydrogen-bond acceptors (Lipinski definition) is 6. The molecule has 8 heteroatoms. The van der Waals surface area contributed by atoms with Gasteiger partial charge in [-0.15, -0.1) is 0 Å². The first-order valence-electron chi connectivity index (χ1n) is 9.59. The summed E-state index contributed by atoms with van der Waals surface area (Å²) in [6.45, 7) is 7.97. The number of benzene rings is 1. The maximum Gasteiger partial charge on any atom is 0.255 e. The fourth-order valence-electron chi connectivity index (χ4n) is 3.60. The number of carbonyl (C=O) groups is 1. The predicted molar refractivity (Wildman–Crippen MR) is 112 cm³/mol. The molecule has 0 spiro atoms. The van der Waals surface area contributed by atoms with Gasteiger partial charge in [-0.1, -0.05) is 12.1 Å². The Bertz CT molecular complexity index is 848. The molecule has 0 atom stereocenters. The van der Waals surface area contributed by atoms with Crippen molar-refractivity contribution in [3.05, 3.63) is 46.2 Å². The second-order valence-corrected chi connectivity index (χ2v) is 7.84. The molecule has 2 fully saturated rings. The van der Waals surface area contributed by atoms with Crippen molar-refractivity contribution in [2.45, 2.75) is 6.92 Å². The molecule has 4 rings (SSSR count). The summed E-state index contributed by atoms with van der Waals surface area (Å²) in [6.07, 6.45) is 0. The summed E-state index contributed by atoms with van der Waals surface area (Å²) in [4.78, 5) is 28.5. The molecular formula is C20H24BrN5O2. The van der Waals surface area contributed by atoms with Gasteiger partial charge in [0.25, 0.3) is 5.91 Å². The molecule has 28 heavy (non-hydrogen) atoms. The Labute approximate surface area is 173 Å².